The molecule has 1 aromatic heterocycles. The second-order valence-corrected chi connectivity index (χ2v) is 8.81. The van der Waals surface area contributed by atoms with Crippen LogP contribution in [0.25, 0.3) is 16.6 Å². The quantitative estimate of drug-likeness (QED) is 0.254. The molecule has 0 amide bonds. The van der Waals surface area contributed by atoms with E-state index in [2.05, 4.69) is 38.2 Å². The van der Waals surface area contributed by atoms with Crippen LogP contribution in [0.2, 0.25) is 0 Å². The van der Waals surface area contributed by atoms with Crippen LogP contribution in [0.4, 0.5) is 11.4 Å². The molecule has 0 saturated heterocycles. The Labute approximate surface area is 209 Å². The molecular weight excluding hydrogens is 551 g/mol. The molecule has 0 unspecified atom stereocenters. The summed E-state index contributed by atoms with van der Waals surface area (Å²) < 4.78 is 13.3. The van der Waals surface area contributed by atoms with Crippen molar-refractivity contribution in [3.63, 3.8) is 0 Å². The maximum atomic E-state index is 13.3. The molecule has 0 aliphatic heterocycles. The molecule has 168 valence electrons. The second-order valence-electron chi connectivity index (χ2n) is 7.16. The van der Waals surface area contributed by atoms with E-state index >= 15 is 0 Å². The number of halogens is 1. The number of thiocarbonyl (C=S) groups is 1. The van der Waals surface area contributed by atoms with Gasteiger partial charge in [0.25, 0.3) is 5.56 Å². The standard InChI is InChI=1S/C24H21IN4O3S/c1-14-26-20-10-4-15(25)12-19(20)23(30)29(14)21-11-7-17(13-22(21)32-3)28-24(33)27-16-5-8-18(31-2)9-6-16/h4-13H,1-3H3,(H2,27,28,33). The summed E-state index contributed by atoms with van der Waals surface area (Å²) >= 11 is 7.62. The zero-order chi connectivity index (χ0) is 23.5. The average Bonchev–Trinajstić information content (AvgIpc) is 2.81. The molecule has 0 spiro atoms. The van der Waals surface area contributed by atoms with E-state index in [1.54, 1.807) is 31.8 Å². The zero-order valence-electron chi connectivity index (χ0n) is 18.2. The first-order valence-electron chi connectivity index (χ1n) is 9.99. The van der Waals surface area contributed by atoms with Crippen molar-refractivity contribution in [1.82, 2.24) is 9.55 Å². The third-order valence-corrected chi connectivity index (χ3v) is 5.90. The highest BCUT2D eigenvalue weighted by atomic mass is 127. The monoisotopic (exact) mass is 572 g/mol. The van der Waals surface area contributed by atoms with Crippen LogP contribution in [0.15, 0.2) is 65.5 Å². The lowest BCUT2D eigenvalue weighted by atomic mass is 10.2. The van der Waals surface area contributed by atoms with Crippen LogP contribution in [0, 0.1) is 10.5 Å². The van der Waals surface area contributed by atoms with Crippen LogP contribution in [0.1, 0.15) is 5.82 Å². The highest BCUT2D eigenvalue weighted by Gasteiger charge is 2.15. The van der Waals surface area contributed by atoms with Gasteiger partial charge in [-0.1, -0.05) is 0 Å². The Hall–Kier alpha value is -3.18. The number of benzene rings is 3. The summed E-state index contributed by atoms with van der Waals surface area (Å²) in [5.74, 6) is 1.86. The van der Waals surface area contributed by atoms with Gasteiger partial charge in [-0.05, 0) is 96.3 Å². The molecule has 0 aliphatic carbocycles. The van der Waals surface area contributed by atoms with Gasteiger partial charge in [-0.2, -0.15) is 0 Å². The lowest BCUT2D eigenvalue weighted by Gasteiger charge is -2.16. The molecule has 2 N–H and O–H groups in total. The minimum absolute atomic E-state index is 0.147. The second kappa shape index (κ2) is 9.75. The maximum absolute atomic E-state index is 13.3. The molecule has 0 bridgehead atoms. The molecule has 0 fully saturated rings. The number of aromatic nitrogens is 2. The van der Waals surface area contributed by atoms with Crippen LogP contribution in [-0.2, 0) is 0 Å². The molecule has 4 rings (SSSR count). The minimum atomic E-state index is -0.147. The summed E-state index contributed by atoms with van der Waals surface area (Å²) in [4.78, 5) is 17.9. The third kappa shape index (κ3) is 4.93. The van der Waals surface area contributed by atoms with Gasteiger partial charge in [-0.25, -0.2) is 4.98 Å². The number of nitrogens with one attached hydrogen (secondary N) is 2. The Balaban J connectivity index is 1.63. The number of aryl methyl sites for hydroxylation is 1. The first-order chi connectivity index (χ1) is 15.9. The maximum Gasteiger partial charge on any atom is 0.266 e. The number of nitrogens with zero attached hydrogens (tertiary/aromatic N) is 2. The normalized spacial score (nSPS) is 10.7. The van der Waals surface area contributed by atoms with Crippen LogP contribution in [0.3, 0.4) is 0 Å². The van der Waals surface area contributed by atoms with E-state index in [1.165, 1.54) is 0 Å². The van der Waals surface area contributed by atoms with Gasteiger partial charge in [0.05, 0.1) is 30.8 Å². The molecule has 0 aliphatic rings. The van der Waals surface area contributed by atoms with Crippen molar-refractivity contribution >= 4 is 62.2 Å². The van der Waals surface area contributed by atoms with Crippen molar-refractivity contribution in [2.75, 3.05) is 24.9 Å². The largest absolute Gasteiger partial charge is 0.497 e. The summed E-state index contributed by atoms with van der Waals surface area (Å²) in [7, 11) is 3.18. The number of fused-ring (bicyclic) bond motifs is 1. The fraction of sp³-hybridized carbons (Fsp3) is 0.125. The SMILES string of the molecule is COc1ccc(NC(=S)Nc2ccc(-n3c(C)nc4ccc(I)cc4c3=O)c(OC)c2)cc1. The molecule has 0 radical (unpaired) electrons. The van der Waals surface area contributed by atoms with Gasteiger partial charge in [-0.15, -0.1) is 0 Å². The highest BCUT2D eigenvalue weighted by Crippen LogP contribution is 2.27. The Morgan fingerprint density at radius 3 is 2.36 bits per heavy atom. The van der Waals surface area contributed by atoms with E-state index < -0.39 is 0 Å². The van der Waals surface area contributed by atoms with Crippen molar-refractivity contribution in [3.8, 4) is 17.2 Å². The number of hydrogen-bond acceptors (Lipinski definition) is 5. The van der Waals surface area contributed by atoms with Crippen molar-refractivity contribution in [3.05, 3.63) is 80.4 Å². The molecule has 4 aromatic rings. The smallest absolute Gasteiger partial charge is 0.266 e. The Morgan fingerprint density at radius 2 is 1.67 bits per heavy atom. The van der Waals surface area contributed by atoms with Gasteiger partial charge in [0.2, 0.25) is 0 Å². The molecular formula is C24H21IN4O3S. The van der Waals surface area contributed by atoms with E-state index in [-0.39, 0.29) is 5.56 Å². The first-order valence-corrected chi connectivity index (χ1v) is 11.5. The van der Waals surface area contributed by atoms with E-state index in [9.17, 15) is 4.79 Å². The highest BCUT2D eigenvalue weighted by molar-refractivity contribution is 14.1. The summed E-state index contributed by atoms with van der Waals surface area (Å²) in [5, 5.41) is 7.25. The molecule has 7 nitrogen and oxygen atoms in total. The average molecular weight is 572 g/mol. The summed E-state index contributed by atoms with van der Waals surface area (Å²) in [6, 6.07) is 18.5. The van der Waals surface area contributed by atoms with Crippen LogP contribution >= 0.6 is 34.8 Å². The zero-order valence-corrected chi connectivity index (χ0v) is 21.2. The molecule has 9 heteroatoms. The first kappa shape index (κ1) is 23.0. The van der Waals surface area contributed by atoms with Gasteiger partial charge < -0.3 is 20.1 Å². The molecule has 3 aromatic carbocycles. The van der Waals surface area contributed by atoms with E-state index in [4.69, 9.17) is 21.7 Å². The topological polar surface area (TPSA) is 77.4 Å². The molecule has 0 saturated carbocycles. The number of hydrogen-bond donors (Lipinski definition) is 2. The Kier molecular flexibility index (Phi) is 6.80. The van der Waals surface area contributed by atoms with Gasteiger partial charge >= 0.3 is 0 Å². The number of ether oxygens (including phenoxy) is 2. The Bertz CT molecular complexity index is 1400. The van der Waals surface area contributed by atoms with Crippen molar-refractivity contribution in [2.24, 2.45) is 0 Å². The predicted molar refractivity (Wildman–Crippen MR) is 144 cm³/mol. The fourth-order valence-electron chi connectivity index (χ4n) is 3.46. The minimum Gasteiger partial charge on any atom is -0.497 e. The van der Waals surface area contributed by atoms with Crippen molar-refractivity contribution in [1.29, 1.82) is 0 Å². The van der Waals surface area contributed by atoms with Gasteiger partial charge in [-0.3, -0.25) is 9.36 Å². The summed E-state index contributed by atoms with van der Waals surface area (Å²) in [6.45, 7) is 1.80. The van der Waals surface area contributed by atoms with E-state index in [1.807, 2.05) is 54.6 Å². The van der Waals surface area contributed by atoms with Crippen LogP contribution < -0.4 is 25.7 Å². The predicted octanol–water partition coefficient (Wildman–Crippen LogP) is 5.12. The van der Waals surface area contributed by atoms with Crippen molar-refractivity contribution in [2.45, 2.75) is 6.92 Å². The number of anilines is 2. The Morgan fingerprint density at radius 1 is 0.970 bits per heavy atom. The van der Waals surface area contributed by atoms with E-state index in [0.29, 0.717) is 33.3 Å². The van der Waals surface area contributed by atoms with Gasteiger partial charge in [0.1, 0.15) is 17.3 Å². The molecule has 33 heavy (non-hydrogen) atoms. The third-order valence-electron chi connectivity index (χ3n) is 5.02. The lowest BCUT2D eigenvalue weighted by molar-refractivity contribution is 0.412. The lowest BCUT2D eigenvalue weighted by Crippen LogP contribution is -2.23. The summed E-state index contributed by atoms with van der Waals surface area (Å²) in [5.41, 5.74) is 2.67. The van der Waals surface area contributed by atoms with Gasteiger partial charge in [0.15, 0.2) is 5.11 Å². The fourth-order valence-corrected chi connectivity index (χ4v) is 4.19. The summed E-state index contributed by atoms with van der Waals surface area (Å²) in [6.07, 6.45) is 0. The van der Waals surface area contributed by atoms with Crippen molar-refractivity contribution < 1.29 is 9.47 Å². The molecule has 0 atom stereocenters. The number of rotatable bonds is 5. The van der Waals surface area contributed by atoms with Crippen LogP contribution in [-0.4, -0.2) is 28.9 Å². The van der Waals surface area contributed by atoms with Gasteiger partial charge in [0, 0.05) is 21.0 Å². The number of methoxy groups -OCH3 is 2. The van der Waals surface area contributed by atoms with Crippen LogP contribution in [0.5, 0.6) is 11.5 Å². The molecule has 1 heterocycles. The van der Waals surface area contributed by atoms with E-state index in [0.717, 1.165) is 20.7 Å².